The van der Waals surface area contributed by atoms with Gasteiger partial charge in [-0.05, 0) is 0 Å². The molecule has 8 heteroatoms. The molecule has 0 saturated carbocycles. The third-order valence-electron chi connectivity index (χ3n) is 2.85. The standard InChI is InChI=1S/C7H8B2N2O4/c1-9(8)11-5(14)7(6(11)15)3(12)10(2)4(7)13/h8H2,1-2H3. The van der Waals surface area contributed by atoms with E-state index in [2.05, 4.69) is 0 Å². The van der Waals surface area contributed by atoms with Gasteiger partial charge in [0.05, 0.1) is 0 Å². The van der Waals surface area contributed by atoms with Crippen molar-refractivity contribution in [2.45, 2.75) is 6.82 Å². The van der Waals surface area contributed by atoms with Crippen molar-refractivity contribution in [3.05, 3.63) is 0 Å². The summed E-state index contributed by atoms with van der Waals surface area (Å²) in [5.74, 6) is -2.79. The number of likely N-dealkylation sites (tertiary alicyclic amines) is 1. The molecular formula is C7H8B2N2O4. The Morgan fingerprint density at radius 1 is 1.07 bits per heavy atom. The summed E-state index contributed by atoms with van der Waals surface area (Å²) in [6.45, 7) is 1.34. The summed E-state index contributed by atoms with van der Waals surface area (Å²) in [4.78, 5) is 47.8. The maximum atomic E-state index is 11.6. The highest BCUT2D eigenvalue weighted by Crippen LogP contribution is 2.44. The van der Waals surface area contributed by atoms with Crippen molar-refractivity contribution in [2.75, 3.05) is 7.05 Å². The van der Waals surface area contributed by atoms with Gasteiger partial charge in [0.15, 0.2) is 0 Å². The smallest absolute Gasteiger partial charge is 0.282 e. The van der Waals surface area contributed by atoms with Crippen molar-refractivity contribution in [3.63, 3.8) is 0 Å². The third-order valence-corrected chi connectivity index (χ3v) is 2.85. The van der Waals surface area contributed by atoms with Gasteiger partial charge < -0.3 is 4.81 Å². The number of hydrogen-bond acceptors (Lipinski definition) is 4. The lowest BCUT2D eigenvalue weighted by molar-refractivity contribution is -0.193. The summed E-state index contributed by atoms with van der Waals surface area (Å²) in [6.07, 6.45) is 0. The average Bonchev–Trinajstić information content (AvgIpc) is 2.17. The molecular weight excluding hydrogens is 198 g/mol. The molecule has 0 aromatic rings. The minimum absolute atomic E-state index is 0.317. The third kappa shape index (κ3) is 0.748. The van der Waals surface area contributed by atoms with Gasteiger partial charge in [-0.2, -0.15) is 0 Å². The summed E-state index contributed by atoms with van der Waals surface area (Å²) >= 11 is 0. The molecule has 6 nitrogen and oxygen atoms in total. The molecule has 0 N–H and O–H groups in total. The van der Waals surface area contributed by atoms with Crippen LogP contribution in [0, 0.1) is 5.41 Å². The Kier molecular flexibility index (Phi) is 1.66. The second kappa shape index (κ2) is 2.50. The Labute approximate surface area is 87.1 Å². The molecule has 2 fully saturated rings. The number of hydrogen-bond donors (Lipinski definition) is 0. The molecule has 2 aliphatic heterocycles. The van der Waals surface area contributed by atoms with Crippen LogP contribution in [0.5, 0.6) is 0 Å². The summed E-state index contributed by atoms with van der Waals surface area (Å²) in [5.41, 5.74) is -2.00. The first-order chi connectivity index (χ1) is 6.86. The van der Waals surface area contributed by atoms with Crippen LogP contribution in [0.1, 0.15) is 0 Å². The van der Waals surface area contributed by atoms with E-state index in [4.69, 9.17) is 0 Å². The van der Waals surface area contributed by atoms with Gasteiger partial charge in [0.1, 0.15) is 7.74 Å². The predicted molar refractivity (Wildman–Crippen MR) is 52.2 cm³/mol. The molecule has 2 aliphatic rings. The molecule has 2 saturated heterocycles. The molecule has 0 aliphatic carbocycles. The lowest BCUT2D eigenvalue weighted by Gasteiger charge is -2.52. The van der Waals surface area contributed by atoms with Crippen molar-refractivity contribution in [2.24, 2.45) is 5.41 Å². The summed E-state index contributed by atoms with van der Waals surface area (Å²) in [6, 6.07) is 0. The topological polar surface area (TPSA) is 74.8 Å². The van der Waals surface area contributed by atoms with Gasteiger partial charge in [0.25, 0.3) is 29.0 Å². The minimum atomic E-state index is -2.00. The summed E-state index contributed by atoms with van der Waals surface area (Å²) < 4.78 is 0. The summed E-state index contributed by atoms with van der Waals surface area (Å²) in [7, 11) is 2.91. The van der Waals surface area contributed by atoms with Crippen LogP contribution in [0.25, 0.3) is 0 Å². The monoisotopic (exact) mass is 206 g/mol. The minimum Gasteiger partial charge on any atom is -0.334 e. The second-order valence-electron chi connectivity index (χ2n) is 3.99. The fourth-order valence-electron chi connectivity index (χ4n) is 1.96. The molecule has 0 aromatic carbocycles. The Morgan fingerprint density at radius 2 is 1.47 bits per heavy atom. The number of nitrogens with zero attached hydrogens (tertiary/aromatic N) is 2. The van der Waals surface area contributed by atoms with E-state index in [9.17, 15) is 19.2 Å². The molecule has 76 valence electrons. The quantitative estimate of drug-likeness (QED) is 0.261. The van der Waals surface area contributed by atoms with Gasteiger partial charge in [-0.25, -0.2) is 0 Å². The molecule has 0 radical (unpaired) electrons. The van der Waals surface area contributed by atoms with Crippen LogP contribution in [0.4, 0.5) is 0 Å². The van der Waals surface area contributed by atoms with Crippen molar-refractivity contribution in [3.8, 4) is 0 Å². The first kappa shape index (κ1) is 9.95. The van der Waals surface area contributed by atoms with E-state index in [1.54, 1.807) is 14.6 Å². The fourth-order valence-corrected chi connectivity index (χ4v) is 1.96. The van der Waals surface area contributed by atoms with Gasteiger partial charge >= 0.3 is 0 Å². The largest absolute Gasteiger partial charge is 0.334 e. The highest BCUT2D eigenvalue weighted by atomic mass is 16.2. The van der Waals surface area contributed by atoms with Gasteiger partial charge in [0.2, 0.25) is 6.74 Å². The van der Waals surface area contributed by atoms with E-state index < -0.39 is 29.0 Å². The van der Waals surface area contributed by atoms with Crippen LogP contribution in [0.2, 0.25) is 6.82 Å². The normalized spacial score (nSPS) is 23.1. The Balaban J connectivity index is 2.37. The number of rotatable bonds is 1. The zero-order valence-corrected chi connectivity index (χ0v) is 8.60. The first-order valence-electron chi connectivity index (χ1n) is 4.57. The maximum absolute atomic E-state index is 11.6. The van der Waals surface area contributed by atoms with Crippen LogP contribution in [0.15, 0.2) is 0 Å². The van der Waals surface area contributed by atoms with Crippen LogP contribution >= 0.6 is 0 Å². The van der Waals surface area contributed by atoms with Crippen LogP contribution in [-0.2, 0) is 19.2 Å². The number of carbonyl (C=O) groups excluding carboxylic acids is 4. The zero-order chi connectivity index (χ0) is 11.5. The van der Waals surface area contributed by atoms with E-state index in [0.29, 0.717) is 0 Å². The Hall–Kier alpha value is -1.59. The predicted octanol–water partition coefficient (Wildman–Crippen LogP) is -2.91. The maximum Gasteiger partial charge on any atom is 0.282 e. The van der Waals surface area contributed by atoms with Crippen molar-refractivity contribution < 1.29 is 19.2 Å². The molecule has 2 heterocycles. The number of amides is 4. The van der Waals surface area contributed by atoms with E-state index in [0.717, 1.165) is 9.71 Å². The highest BCUT2D eigenvalue weighted by Gasteiger charge is 2.79. The lowest BCUT2D eigenvalue weighted by Crippen LogP contribution is -2.85. The van der Waals surface area contributed by atoms with E-state index in [1.807, 2.05) is 0 Å². The molecule has 15 heavy (non-hydrogen) atoms. The van der Waals surface area contributed by atoms with Gasteiger partial charge in [-0.15, -0.1) is 0 Å². The molecule has 0 unspecified atom stereocenters. The van der Waals surface area contributed by atoms with Gasteiger partial charge in [-0.1, -0.05) is 6.82 Å². The van der Waals surface area contributed by atoms with Crippen LogP contribution in [0.3, 0.4) is 0 Å². The van der Waals surface area contributed by atoms with Crippen LogP contribution in [-0.4, -0.2) is 54.9 Å². The lowest BCUT2D eigenvalue weighted by atomic mass is 9.40. The molecule has 2 rings (SSSR count). The van der Waals surface area contributed by atoms with E-state index in [1.165, 1.54) is 7.05 Å². The summed E-state index contributed by atoms with van der Waals surface area (Å²) in [5, 5.41) is 0. The van der Waals surface area contributed by atoms with Crippen molar-refractivity contribution in [1.29, 1.82) is 0 Å². The number of imide groups is 2. The van der Waals surface area contributed by atoms with Gasteiger partial charge in [0, 0.05) is 7.05 Å². The molecule has 1 spiro atoms. The molecule has 0 bridgehead atoms. The van der Waals surface area contributed by atoms with E-state index >= 15 is 0 Å². The van der Waals surface area contributed by atoms with Crippen LogP contribution < -0.4 is 0 Å². The Morgan fingerprint density at radius 3 is 1.80 bits per heavy atom. The SMILES string of the molecule is BB(C)N1C(=O)C2(C(=O)N(C)C2=O)C1=O. The second-order valence-corrected chi connectivity index (χ2v) is 3.99. The number of β-lactam (4-membered cyclic amide) rings is 4. The average molecular weight is 206 g/mol. The first-order valence-corrected chi connectivity index (χ1v) is 4.57. The van der Waals surface area contributed by atoms with Crippen molar-refractivity contribution >= 4 is 38.1 Å². The highest BCUT2D eigenvalue weighted by molar-refractivity contribution is 7.04. The Bertz CT molecular complexity index is 385. The van der Waals surface area contributed by atoms with E-state index in [-0.39, 0.29) is 6.74 Å². The molecule has 4 amide bonds. The number of carbonyl (C=O) groups is 4. The zero-order valence-electron chi connectivity index (χ0n) is 8.60. The molecule has 0 atom stereocenters. The van der Waals surface area contributed by atoms with Gasteiger partial charge in [-0.3, -0.25) is 24.1 Å². The fraction of sp³-hybridized carbons (Fsp3) is 0.429. The van der Waals surface area contributed by atoms with Crippen molar-refractivity contribution in [1.82, 2.24) is 9.71 Å². The molecule has 0 aromatic heterocycles.